The van der Waals surface area contributed by atoms with E-state index in [0.29, 0.717) is 5.69 Å². The fourth-order valence-electron chi connectivity index (χ4n) is 2.86. The number of hydrazone groups is 1. The highest BCUT2D eigenvalue weighted by atomic mass is 16.6. The van der Waals surface area contributed by atoms with Crippen LogP contribution in [-0.4, -0.2) is 34.0 Å². The lowest BCUT2D eigenvalue weighted by Gasteiger charge is -2.11. The SMILES string of the molecule is Cc1cccc(NC(=O)c2ccccc2NC(=O)C(=O)N/N=C\c2cc([N+](=O)[O-])ccc2O)c1. The van der Waals surface area contributed by atoms with Gasteiger partial charge in [-0.15, -0.1) is 0 Å². The first kappa shape index (κ1) is 23.6. The molecule has 0 unspecified atom stereocenters. The second-order valence-corrected chi connectivity index (χ2v) is 7.02. The lowest BCUT2D eigenvalue weighted by molar-refractivity contribution is -0.384. The summed E-state index contributed by atoms with van der Waals surface area (Å²) in [6.45, 7) is 1.88. The average molecular weight is 461 g/mol. The van der Waals surface area contributed by atoms with Gasteiger partial charge in [0.05, 0.1) is 22.4 Å². The summed E-state index contributed by atoms with van der Waals surface area (Å²) in [6.07, 6.45) is 0.955. The molecule has 0 aliphatic rings. The van der Waals surface area contributed by atoms with Crippen molar-refractivity contribution in [2.75, 3.05) is 10.6 Å². The predicted octanol–water partition coefficient (Wildman–Crippen LogP) is 2.95. The van der Waals surface area contributed by atoms with E-state index in [1.807, 2.05) is 18.4 Å². The smallest absolute Gasteiger partial charge is 0.329 e. The first-order valence-corrected chi connectivity index (χ1v) is 9.83. The molecule has 0 atom stereocenters. The van der Waals surface area contributed by atoms with E-state index < -0.39 is 22.6 Å². The minimum atomic E-state index is -1.16. The van der Waals surface area contributed by atoms with Crippen LogP contribution in [0.2, 0.25) is 0 Å². The molecule has 3 aromatic carbocycles. The summed E-state index contributed by atoms with van der Waals surface area (Å²) in [6, 6.07) is 16.6. The van der Waals surface area contributed by atoms with E-state index >= 15 is 0 Å². The Labute approximate surface area is 193 Å². The molecule has 0 aromatic heterocycles. The van der Waals surface area contributed by atoms with Crippen molar-refractivity contribution in [3.05, 3.63) is 93.5 Å². The second-order valence-electron chi connectivity index (χ2n) is 7.02. The number of nitrogens with zero attached hydrogens (tertiary/aromatic N) is 2. The molecule has 172 valence electrons. The van der Waals surface area contributed by atoms with E-state index in [-0.39, 0.29) is 28.3 Å². The highest BCUT2D eigenvalue weighted by Gasteiger charge is 2.18. The van der Waals surface area contributed by atoms with Crippen LogP contribution in [0.5, 0.6) is 5.75 Å². The molecule has 3 aromatic rings. The van der Waals surface area contributed by atoms with Gasteiger partial charge in [-0.2, -0.15) is 5.10 Å². The van der Waals surface area contributed by atoms with Gasteiger partial charge in [-0.05, 0) is 42.8 Å². The third-order valence-electron chi connectivity index (χ3n) is 4.49. The number of hydrogen-bond acceptors (Lipinski definition) is 7. The van der Waals surface area contributed by atoms with Gasteiger partial charge in [-0.1, -0.05) is 24.3 Å². The van der Waals surface area contributed by atoms with Crippen LogP contribution < -0.4 is 16.1 Å². The normalized spacial score (nSPS) is 10.5. The molecule has 0 saturated heterocycles. The number of aromatic hydroxyl groups is 1. The number of aryl methyl sites for hydroxylation is 1. The summed E-state index contributed by atoms with van der Waals surface area (Å²) >= 11 is 0. The number of phenols is 1. The molecule has 0 bridgehead atoms. The second kappa shape index (κ2) is 10.5. The minimum Gasteiger partial charge on any atom is -0.507 e. The molecule has 0 heterocycles. The highest BCUT2D eigenvalue weighted by Crippen LogP contribution is 2.21. The van der Waals surface area contributed by atoms with E-state index in [2.05, 4.69) is 15.7 Å². The van der Waals surface area contributed by atoms with Crippen LogP contribution in [0.25, 0.3) is 0 Å². The summed E-state index contributed by atoms with van der Waals surface area (Å²) in [5, 5.41) is 29.2. The third kappa shape index (κ3) is 6.01. The molecule has 11 nitrogen and oxygen atoms in total. The van der Waals surface area contributed by atoms with Gasteiger partial charge in [0.2, 0.25) is 0 Å². The number of hydrogen-bond donors (Lipinski definition) is 4. The first-order chi connectivity index (χ1) is 16.2. The van der Waals surface area contributed by atoms with Gasteiger partial charge in [0.1, 0.15) is 5.75 Å². The standard InChI is InChI=1S/C23H19N5O6/c1-14-5-4-6-16(11-14)25-21(30)18-7-2-3-8-19(18)26-22(31)23(32)27-24-13-15-12-17(28(33)34)9-10-20(15)29/h2-13,29H,1H3,(H,25,30)(H,26,31)(H,27,32)/b24-13-. The Morgan fingerprint density at radius 2 is 1.74 bits per heavy atom. The summed E-state index contributed by atoms with van der Waals surface area (Å²) in [4.78, 5) is 47.2. The van der Waals surface area contributed by atoms with Gasteiger partial charge in [0.15, 0.2) is 0 Å². The molecule has 3 amide bonds. The maximum absolute atomic E-state index is 12.7. The van der Waals surface area contributed by atoms with Gasteiger partial charge < -0.3 is 15.7 Å². The number of nitro groups is 1. The lowest BCUT2D eigenvalue weighted by Crippen LogP contribution is -2.33. The number of para-hydroxylation sites is 1. The summed E-state index contributed by atoms with van der Waals surface area (Å²) in [5.41, 5.74) is 3.40. The Hall–Kier alpha value is -5.06. The number of rotatable bonds is 6. The molecule has 0 aliphatic carbocycles. The number of benzene rings is 3. The van der Waals surface area contributed by atoms with Crippen LogP contribution in [0.3, 0.4) is 0 Å². The zero-order valence-electron chi connectivity index (χ0n) is 17.8. The maximum Gasteiger partial charge on any atom is 0.329 e. The summed E-state index contributed by atoms with van der Waals surface area (Å²) in [5.74, 6) is -3.05. The molecule has 0 spiro atoms. The number of anilines is 2. The van der Waals surface area contributed by atoms with Crippen molar-refractivity contribution in [1.82, 2.24) is 5.43 Å². The van der Waals surface area contributed by atoms with E-state index in [0.717, 1.165) is 30.0 Å². The summed E-state index contributed by atoms with van der Waals surface area (Å²) in [7, 11) is 0. The largest absolute Gasteiger partial charge is 0.507 e. The fourth-order valence-corrected chi connectivity index (χ4v) is 2.86. The Morgan fingerprint density at radius 3 is 2.47 bits per heavy atom. The van der Waals surface area contributed by atoms with E-state index in [1.165, 1.54) is 12.1 Å². The molecule has 0 saturated carbocycles. The molecule has 34 heavy (non-hydrogen) atoms. The van der Waals surface area contributed by atoms with Crippen molar-refractivity contribution in [3.8, 4) is 5.75 Å². The average Bonchev–Trinajstić information content (AvgIpc) is 2.80. The third-order valence-corrected chi connectivity index (χ3v) is 4.49. The van der Waals surface area contributed by atoms with Crippen molar-refractivity contribution >= 4 is 41.0 Å². The number of phenolic OH excluding ortho intramolecular Hbond substituents is 1. The van der Waals surface area contributed by atoms with Gasteiger partial charge in [0, 0.05) is 23.4 Å². The van der Waals surface area contributed by atoms with Crippen molar-refractivity contribution in [3.63, 3.8) is 0 Å². The van der Waals surface area contributed by atoms with Gasteiger partial charge >= 0.3 is 11.8 Å². The lowest BCUT2D eigenvalue weighted by atomic mass is 10.1. The van der Waals surface area contributed by atoms with Crippen LogP contribution in [-0.2, 0) is 9.59 Å². The molecule has 0 aliphatic heterocycles. The van der Waals surface area contributed by atoms with Crippen LogP contribution in [0.15, 0.2) is 71.8 Å². The van der Waals surface area contributed by atoms with Crippen molar-refractivity contribution in [2.24, 2.45) is 5.10 Å². The van der Waals surface area contributed by atoms with Crippen LogP contribution in [0.4, 0.5) is 17.1 Å². The number of amides is 3. The Kier molecular flexibility index (Phi) is 7.29. The van der Waals surface area contributed by atoms with Crippen molar-refractivity contribution in [1.29, 1.82) is 0 Å². The zero-order chi connectivity index (χ0) is 24.7. The van der Waals surface area contributed by atoms with E-state index in [4.69, 9.17) is 0 Å². The Balaban J connectivity index is 1.66. The van der Waals surface area contributed by atoms with E-state index in [9.17, 15) is 29.6 Å². The molecule has 3 rings (SSSR count). The van der Waals surface area contributed by atoms with Gasteiger partial charge in [-0.3, -0.25) is 24.5 Å². The molecule has 11 heteroatoms. The minimum absolute atomic E-state index is 0.0342. The number of nitro benzene ring substituents is 1. The Morgan fingerprint density at radius 1 is 0.971 bits per heavy atom. The van der Waals surface area contributed by atoms with Crippen LogP contribution in [0.1, 0.15) is 21.5 Å². The topological polar surface area (TPSA) is 163 Å². The van der Waals surface area contributed by atoms with Crippen LogP contribution in [0, 0.1) is 17.0 Å². The van der Waals surface area contributed by atoms with E-state index in [1.54, 1.807) is 30.3 Å². The number of carbonyl (C=O) groups is 3. The van der Waals surface area contributed by atoms with Crippen LogP contribution >= 0.6 is 0 Å². The van der Waals surface area contributed by atoms with Crippen molar-refractivity contribution in [2.45, 2.75) is 6.92 Å². The number of nitrogens with one attached hydrogen (secondary N) is 3. The molecular weight excluding hydrogens is 442 g/mol. The molecule has 0 fully saturated rings. The quantitative estimate of drug-likeness (QED) is 0.191. The number of non-ortho nitro benzene ring substituents is 1. The monoisotopic (exact) mass is 461 g/mol. The zero-order valence-corrected chi connectivity index (χ0v) is 17.8. The fraction of sp³-hybridized carbons (Fsp3) is 0.0435. The first-order valence-electron chi connectivity index (χ1n) is 9.83. The highest BCUT2D eigenvalue weighted by molar-refractivity contribution is 6.40. The van der Waals surface area contributed by atoms with Gasteiger partial charge in [0.25, 0.3) is 11.6 Å². The molecule has 0 radical (unpaired) electrons. The maximum atomic E-state index is 12.7. The van der Waals surface area contributed by atoms with Crippen molar-refractivity contribution < 1.29 is 24.4 Å². The summed E-state index contributed by atoms with van der Waals surface area (Å²) < 4.78 is 0. The molecule has 4 N–H and O–H groups in total. The Bertz CT molecular complexity index is 1300. The van der Waals surface area contributed by atoms with Gasteiger partial charge in [-0.25, -0.2) is 5.43 Å². The number of carbonyl (C=O) groups excluding carboxylic acids is 3. The molecular formula is C23H19N5O6. The predicted molar refractivity (Wildman–Crippen MR) is 125 cm³/mol.